The Morgan fingerprint density at radius 1 is 1.22 bits per heavy atom. The lowest BCUT2D eigenvalue weighted by Gasteiger charge is -2.35. The summed E-state index contributed by atoms with van der Waals surface area (Å²) in [4.78, 5) is 37.7. The van der Waals surface area contributed by atoms with E-state index in [-0.39, 0.29) is 20.9 Å². The second kappa shape index (κ2) is 10.9. The number of thiazole rings is 1. The Labute approximate surface area is 217 Å². The van der Waals surface area contributed by atoms with Gasteiger partial charge in [0.2, 0.25) is 0 Å². The number of piperazine rings is 1. The number of hydrogen-bond donors (Lipinski definition) is 3. The van der Waals surface area contributed by atoms with E-state index < -0.39 is 22.1 Å². The lowest BCUT2D eigenvalue weighted by atomic mass is 10.1. The van der Waals surface area contributed by atoms with E-state index in [9.17, 15) is 23.1 Å². The van der Waals surface area contributed by atoms with Crippen LogP contribution in [-0.4, -0.2) is 95.6 Å². The van der Waals surface area contributed by atoms with Crippen molar-refractivity contribution < 1.29 is 27.9 Å². The van der Waals surface area contributed by atoms with Crippen LogP contribution in [0.2, 0.25) is 0 Å². The summed E-state index contributed by atoms with van der Waals surface area (Å²) in [7, 11) is -2.54. The maximum atomic E-state index is 13.2. The molecule has 0 radical (unpaired) electrons. The van der Waals surface area contributed by atoms with E-state index in [2.05, 4.69) is 35.2 Å². The van der Waals surface area contributed by atoms with Gasteiger partial charge in [0.1, 0.15) is 12.1 Å². The number of aryl methyl sites for hydroxylation is 1. The fourth-order valence-corrected chi connectivity index (χ4v) is 7.08. The largest absolute Gasteiger partial charge is 0.478 e. The highest BCUT2D eigenvalue weighted by molar-refractivity contribution is 7.91. The average Bonchev–Trinajstić information content (AvgIpc) is 3.24. The second-order valence-corrected chi connectivity index (χ2v) is 11.6. The highest BCUT2D eigenvalue weighted by Crippen LogP contribution is 2.30. The number of aromatic carboxylic acids is 1. The molecule has 0 spiro atoms. The molecular formula is C22H27N7O6S2. The number of para-hydroxylation sites is 1. The second-order valence-electron chi connectivity index (χ2n) is 8.49. The summed E-state index contributed by atoms with van der Waals surface area (Å²) in [5, 5.41) is 15.9. The Kier molecular flexibility index (Phi) is 7.87. The van der Waals surface area contributed by atoms with Crippen molar-refractivity contribution in [1.29, 1.82) is 0 Å². The van der Waals surface area contributed by atoms with Crippen LogP contribution in [0.5, 0.6) is 0 Å². The Morgan fingerprint density at radius 3 is 2.62 bits per heavy atom. The van der Waals surface area contributed by atoms with Crippen LogP contribution in [0.25, 0.3) is 10.9 Å². The Hall–Kier alpha value is -3.40. The van der Waals surface area contributed by atoms with E-state index in [4.69, 9.17) is 0 Å². The molecule has 4 rings (SSSR count). The van der Waals surface area contributed by atoms with Crippen LogP contribution in [0.1, 0.15) is 23.0 Å². The molecule has 3 aromatic rings. The van der Waals surface area contributed by atoms with Crippen molar-refractivity contribution in [2.24, 2.45) is 0 Å². The number of ether oxygens (including phenoxy) is 1. The zero-order chi connectivity index (χ0) is 26.7. The van der Waals surface area contributed by atoms with Crippen LogP contribution in [0.4, 0.5) is 15.7 Å². The molecule has 1 fully saturated rings. The number of rotatable bonds is 8. The van der Waals surface area contributed by atoms with Gasteiger partial charge in [0.15, 0.2) is 9.34 Å². The molecule has 0 unspecified atom stereocenters. The molecule has 1 aliphatic rings. The highest BCUT2D eigenvalue weighted by atomic mass is 32.2. The summed E-state index contributed by atoms with van der Waals surface area (Å²) >= 11 is 0.895. The van der Waals surface area contributed by atoms with Gasteiger partial charge in [-0.05, 0) is 26.0 Å². The Morgan fingerprint density at radius 2 is 1.95 bits per heavy atom. The normalized spacial score (nSPS) is 15.9. The van der Waals surface area contributed by atoms with E-state index in [0.717, 1.165) is 11.3 Å². The molecule has 15 heteroatoms. The van der Waals surface area contributed by atoms with Crippen LogP contribution in [0.3, 0.4) is 0 Å². The van der Waals surface area contributed by atoms with Gasteiger partial charge in [-0.25, -0.2) is 33.0 Å². The summed E-state index contributed by atoms with van der Waals surface area (Å²) in [5.74, 6) is -0.514. The molecule has 37 heavy (non-hydrogen) atoms. The zero-order valence-electron chi connectivity index (χ0n) is 20.5. The standard InChI is InChI=1S/C22H27N7O6S2/c1-13(25-18-15-5-4-6-16(19(30)31)17(15)23-12-24-18)11-28-7-9-29(10-8-28)37(33,34)20-14(2)26-21(36-20)27-22(32)35-3/h4-6,12-13H,7-11H2,1-3H3,(H,30,31)(H,23,24,25)(H,26,27,32)/t13-/m0/s1. The van der Waals surface area contributed by atoms with Crippen LogP contribution < -0.4 is 10.6 Å². The maximum Gasteiger partial charge on any atom is 0.413 e. The van der Waals surface area contributed by atoms with Crippen molar-refractivity contribution in [3.63, 3.8) is 0 Å². The molecule has 198 valence electrons. The summed E-state index contributed by atoms with van der Waals surface area (Å²) in [6, 6.07) is 4.88. The molecule has 3 heterocycles. The smallest absolute Gasteiger partial charge is 0.413 e. The maximum absolute atomic E-state index is 13.2. The predicted molar refractivity (Wildman–Crippen MR) is 138 cm³/mol. The van der Waals surface area contributed by atoms with Gasteiger partial charge in [-0.1, -0.05) is 17.4 Å². The first-order valence-electron chi connectivity index (χ1n) is 11.4. The molecule has 0 aliphatic carbocycles. The van der Waals surface area contributed by atoms with E-state index in [0.29, 0.717) is 55.1 Å². The quantitative estimate of drug-likeness (QED) is 0.376. The molecule has 0 bridgehead atoms. The first-order valence-corrected chi connectivity index (χ1v) is 13.6. The van der Waals surface area contributed by atoms with Gasteiger partial charge in [0, 0.05) is 44.2 Å². The van der Waals surface area contributed by atoms with Crippen molar-refractivity contribution in [3.05, 3.63) is 35.8 Å². The van der Waals surface area contributed by atoms with E-state index in [1.54, 1.807) is 19.1 Å². The van der Waals surface area contributed by atoms with Crippen molar-refractivity contribution in [2.75, 3.05) is 50.5 Å². The number of anilines is 2. The first kappa shape index (κ1) is 26.7. The zero-order valence-corrected chi connectivity index (χ0v) is 22.1. The molecule has 0 saturated carbocycles. The summed E-state index contributed by atoms with van der Waals surface area (Å²) < 4.78 is 32.5. The van der Waals surface area contributed by atoms with Gasteiger partial charge >= 0.3 is 12.1 Å². The molecule has 1 aliphatic heterocycles. The number of methoxy groups -OCH3 is 1. The van der Waals surface area contributed by atoms with Gasteiger partial charge in [-0.15, -0.1) is 0 Å². The molecule has 1 saturated heterocycles. The molecule has 1 amide bonds. The van der Waals surface area contributed by atoms with Gasteiger partial charge in [0.05, 0.1) is 23.9 Å². The van der Waals surface area contributed by atoms with Gasteiger partial charge in [-0.3, -0.25) is 10.2 Å². The average molecular weight is 550 g/mol. The van der Waals surface area contributed by atoms with Gasteiger partial charge in [0.25, 0.3) is 10.0 Å². The molecule has 1 atom stereocenters. The minimum absolute atomic E-state index is 0.0505. The Bertz CT molecular complexity index is 1420. The number of fused-ring (bicyclic) bond motifs is 1. The van der Waals surface area contributed by atoms with Crippen LogP contribution in [-0.2, 0) is 14.8 Å². The predicted octanol–water partition coefficient (Wildman–Crippen LogP) is 2.08. The molecule has 13 nitrogen and oxygen atoms in total. The van der Waals surface area contributed by atoms with Crippen LogP contribution >= 0.6 is 11.3 Å². The number of benzene rings is 1. The summed E-state index contributed by atoms with van der Waals surface area (Å²) in [5.41, 5.74) is 0.791. The minimum atomic E-state index is -3.76. The number of carbonyl (C=O) groups excluding carboxylic acids is 1. The third kappa shape index (κ3) is 5.79. The van der Waals surface area contributed by atoms with E-state index in [1.165, 1.54) is 23.8 Å². The monoisotopic (exact) mass is 549 g/mol. The summed E-state index contributed by atoms with van der Waals surface area (Å²) in [6.45, 7) is 5.88. The number of carbonyl (C=O) groups is 2. The number of sulfonamides is 1. The number of nitrogens with one attached hydrogen (secondary N) is 2. The van der Waals surface area contributed by atoms with E-state index >= 15 is 0 Å². The number of amides is 1. The molecular weight excluding hydrogens is 522 g/mol. The number of nitrogens with zero attached hydrogens (tertiary/aromatic N) is 5. The van der Waals surface area contributed by atoms with Crippen molar-refractivity contribution in [3.8, 4) is 0 Å². The van der Waals surface area contributed by atoms with Crippen molar-refractivity contribution in [2.45, 2.75) is 24.1 Å². The van der Waals surface area contributed by atoms with Crippen LogP contribution in [0.15, 0.2) is 28.7 Å². The van der Waals surface area contributed by atoms with Gasteiger partial charge in [-0.2, -0.15) is 4.31 Å². The lowest BCUT2D eigenvalue weighted by Crippen LogP contribution is -2.50. The van der Waals surface area contributed by atoms with E-state index in [1.807, 2.05) is 6.92 Å². The molecule has 3 N–H and O–H groups in total. The third-order valence-electron chi connectivity index (χ3n) is 5.86. The lowest BCUT2D eigenvalue weighted by molar-refractivity contribution is 0.0698. The van der Waals surface area contributed by atoms with Crippen molar-refractivity contribution >= 4 is 55.3 Å². The Balaban J connectivity index is 1.37. The topological polar surface area (TPSA) is 167 Å². The minimum Gasteiger partial charge on any atom is -0.478 e. The number of carboxylic acid groups (broad SMARTS) is 1. The van der Waals surface area contributed by atoms with Crippen molar-refractivity contribution in [1.82, 2.24) is 24.2 Å². The number of hydrogen-bond acceptors (Lipinski definition) is 11. The third-order valence-corrected chi connectivity index (χ3v) is 9.42. The fourth-order valence-electron chi connectivity index (χ4n) is 4.12. The SMILES string of the molecule is COC(=O)Nc1nc(C)c(S(=O)(=O)N2CCN(C[C@H](C)Nc3ncnc4c(C(=O)O)cccc34)CC2)s1. The first-order chi connectivity index (χ1) is 17.6. The molecule has 2 aromatic heterocycles. The van der Waals surface area contributed by atoms with Gasteiger partial charge < -0.3 is 15.2 Å². The van der Waals surface area contributed by atoms with Crippen LogP contribution in [0, 0.1) is 6.92 Å². The number of aromatic nitrogens is 3. The fraction of sp³-hybridized carbons (Fsp3) is 0.409. The molecule has 1 aromatic carbocycles. The highest BCUT2D eigenvalue weighted by Gasteiger charge is 2.32. The number of carboxylic acids is 1. The summed E-state index contributed by atoms with van der Waals surface area (Å²) in [6.07, 6.45) is 0.618.